The highest BCUT2D eigenvalue weighted by Gasteiger charge is 2.18. The molecule has 158 valence electrons. The average Bonchev–Trinajstić information content (AvgIpc) is 3.52. The smallest absolute Gasteiger partial charge is 0.273 e. The van der Waals surface area contributed by atoms with E-state index in [1.807, 2.05) is 18.2 Å². The quantitative estimate of drug-likeness (QED) is 0.426. The number of unbranched alkanes of at least 4 members (excludes halogenated alkanes) is 1. The molecule has 0 saturated heterocycles. The highest BCUT2D eigenvalue weighted by molar-refractivity contribution is 5.91. The Morgan fingerprint density at radius 1 is 1.13 bits per heavy atom. The van der Waals surface area contributed by atoms with Crippen molar-refractivity contribution in [2.24, 2.45) is 0 Å². The van der Waals surface area contributed by atoms with Crippen molar-refractivity contribution >= 4 is 16.9 Å². The van der Waals surface area contributed by atoms with Crippen molar-refractivity contribution in [3.63, 3.8) is 0 Å². The molecule has 9 heteroatoms. The van der Waals surface area contributed by atoms with Gasteiger partial charge in [-0.2, -0.15) is 5.10 Å². The summed E-state index contributed by atoms with van der Waals surface area (Å²) in [5.74, 6) is -0.250. The van der Waals surface area contributed by atoms with Gasteiger partial charge in [-0.25, -0.2) is 0 Å². The Balaban J connectivity index is 1.10. The van der Waals surface area contributed by atoms with Crippen LogP contribution in [0.2, 0.25) is 0 Å². The number of fused-ring (bicyclic) bond motifs is 3. The van der Waals surface area contributed by atoms with Crippen molar-refractivity contribution in [1.29, 1.82) is 0 Å². The summed E-state index contributed by atoms with van der Waals surface area (Å²) in [5, 5.41) is 20.8. The zero-order valence-corrected chi connectivity index (χ0v) is 17.2. The van der Waals surface area contributed by atoms with Crippen LogP contribution in [0.4, 0.5) is 0 Å². The summed E-state index contributed by atoms with van der Waals surface area (Å²) in [6.45, 7) is 1.07. The standard InChI is InChI=1S/C22H24N8O/c31-22(24-13-16-7-1-3-10-23-16)20-14-30(29-27-20)11-4-2-6-15-12-18-17-8-5-9-19(17)25-21(18)28-26-15/h1,3,7,10,12,14H,2,4-6,8-9,11,13H2,(H,24,31)(H,25,28). The van der Waals surface area contributed by atoms with Crippen LogP contribution in [-0.2, 0) is 32.4 Å². The van der Waals surface area contributed by atoms with Crippen LogP contribution < -0.4 is 5.32 Å². The van der Waals surface area contributed by atoms with E-state index in [4.69, 9.17) is 0 Å². The van der Waals surface area contributed by atoms with Crippen LogP contribution in [0.5, 0.6) is 0 Å². The maximum Gasteiger partial charge on any atom is 0.273 e. The first-order valence-electron chi connectivity index (χ1n) is 10.7. The molecule has 31 heavy (non-hydrogen) atoms. The topological polar surface area (TPSA) is 114 Å². The number of pyridine rings is 1. The van der Waals surface area contributed by atoms with E-state index in [9.17, 15) is 4.79 Å². The Morgan fingerprint density at radius 2 is 2.10 bits per heavy atom. The molecule has 1 amide bonds. The molecule has 0 spiro atoms. The Kier molecular flexibility index (Phi) is 5.39. The third kappa shape index (κ3) is 4.30. The lowest BCUT2D eigenvalue weighted by Crippen LogP contribution is -2.23. The molecule has 0 unspecified atom stereocenters. The van der Waals surface area contributed by atoms with Crippen molar-refractivity contribution in [2.75, 3.05) is 0 Å². The highest BCUT2D eigenvalue weighted by atomic mass is 16.2. The fourth-order valence-corrected chi connectivity index (χ4v) is 4.05. The number of H-pyrrole nitrogens is 1. The summed E-state index contributed by atoms with van der Waals surface area (Å²) in [6, 6.07) is 7.78. The lowest BCUT2D eigenvalue weighted by Gasteiger charge is -2.02. The molecule has 4 aromatic rings. The second-order valence-electron chi connectivity index (χ2n) is 7.86. The van der Waals surface area contributed by atoms with E-state index in [2.05, 4.69) is 41.9 Å². The maximum absolute atomic E-state index is 12.2. The monoisotopic (exact) mass is 416 g/mol. The Bertz CT molecular complexity index is 1200. The number of carbonyl (C=O) groups excluding carboxylic acids is 1. The number of hydrogen-bond acceptors (Lipinski definition) is 6. The molecule has 5 rings (SSSR count). The number of aryl methyl sites for hydroxylation is 4. The summed E-state index contributed by atoms with van der Waals surface area (Å²) in [5.41, 5.74) is 5.79. The molecular weight excluding hydrogens is 392 g/mol. The molecule has 4 heterocycles. The molecular formula is C22H24N8O. The first kappa shape index (κ1) is 19.3. The van der Waals surface area contributed by atoms with Gasteiger partial charge in [-0.05, 0) is 62.3 Å². The minimum absolute atomic E-state index is 0.250. The minimum Gasteiger partial charge on any atom is -0.345 e. The first-order valence-corrected chi connectivity index (χ1v) is 10.7. The van der Waals surface area contributed by atoms with Crippen molar-refractivity contribution in [1.82, 2.24) is 40.5 Å². The van der Waals surface area contributed by atoms with Crippen molar-refractivity contribution < 1.29 is 4.79 Å². The van der Waals surface area contributed by atoms with Gasteiger partial charge in [0.15, 0.2) is 11.3 Å². The zero-order valence-electron chi connectivity index (χ0n) is 17.2. The molecule has 1 aliphatic carbocycles. The average molecular weight is 416 g/mol. The van der Waals surface area contributed by atoms with E-state index >= 15 is 0 Å². The van der Waals surface area contributed by atoms with Gasteiger partial charge >= 0.3 is 0 Å². The normalized spacial score (nSPS) is 12.9. The minimum atomic E-state index is -0.250. The van der Waals surface area contributed by atoms with Crippen LogP contribution in [-0.4, -0.2) is 41.1 Å². The second kappa shape index (κ2) is 8.63. The van der Waals surface area contributed by atoms with E-state index in [0.717, 1.165) is 49.1 Å². The molecule has 2 N–H and O–H groups in total. The van der Waals surface area contributed by atoms with Gasteiger partial charge < -0.3 is 10.3 Å². The molecule has 0 atom stereocenters. The number of aromatic nitrogens is 7. The second-order valence-corrected chi connectivity index (χ2v) is 7.86. The Labute approximate surface area is 179 Å². The summed E-state index contributed by atoms with van der Waals surface area (Å²) in [7, 11) is 0. The Morgan fingerprint density at radius 3 is 3.00 bits per heavy atom. The molecule has 0 fully saturated rings. The largest absolute Gasteiger partial charge is 0.345 e. The number of hydrogen-bond donors (Lipinski definition) is 2. The number of rotatable bonds is 8. The van der Waals surface area contributed by atoms with Crippen LogP contribution in [0.3, 0.4) is 0 Å². The molecule has 1 aliphatic rings. The molecule has 0 aromatic carbocycles. The van der Waals surface area contributed by atoms with Gasteiger partial charge in [-0.3, -0.25) is 14.5 Å². The predicted molar refractivity (Wildman–Crippen MR) is 114 cm³/mol. The van der Waals surface area contributed by atoms with Gasteiger partial charge in [0.2, 0.25) is 0 Å². The van der Waals surface area contributed by atoms with E-state index in [0.29, 0.717) is 18.8 Å². The van der Waals surface area contributed by atoms with Gasteiger partial charge in [0.25, 0.3) is 5.91 Å². The zero-order chi connectivity index (χ0) is 21.0. The number of nitrogens with one attached hydrogen (secondary N) is 2. The maximum atomic E-state index is 12.2. The molecule has 0 saturated carbocycles. The fourth-order valence-electron chi connectivity index (χ4n) is 4.05. The van der Waals surface area contributed by atoms with Gasteiger partial charge in [0, 0.05) is 23.8 Å². The van der Waals surface area contributed by atoms with Crippen LogP contribution >= 0.6 is 0 Å². The molecule has 0 bridgehead atoms. The lowest BCUT2D eigenvalue weighted by atomic mass is 10.1. The van der Waals surface area contributed by atoms with E-state index in [-0.39, 0.29) is 5.91 Å². The molecule has 9 nitrogen and oxygen atoms in total. The lowest BCUT2D eigenvalue weighted by molar-refractivity contribution is 0.0945. The number of carbonyl (C=O) groups is 1. The SMILES string of the molecule is O=C(NCc1ccccn1)c1cn(CCCCc2cc3c4c([nH]c3nn2)CCC4)nn1. The number of amides is 1. The van der Waals surface area contributed by atoms with Crippen LogP contribution in [0.15, 0.2) is 36.7 Å². The Hall–Kier alpha value is -3.62. The van der Waals surface area contributed by atoms with Gasteiger partial charge in [0.05, 0.1) is 24.1 Å². The van der Waals surface area contributed by atoms with Crippen molar-refractivity contribution in [3.8, 4) is 0 Å². The summed E-state index contributed by atoms with van der Waals surface area (Å²) < 4.78 is 1.71. The molecule has 0 radical (unpaired) electrons. The third-order valence-electron chi connectivity index (χ3n) is 5.65. The summed E-state index contributed by atoms with van der Waals surface area (Å²) in [4.78, 5) is 19.8. The van der Waals surface area contributed by atoms with Crippen LogP contribution in [0.1, 0.15) is 52.4 Å². The van der Waals surface area contributed by atoms with E-state index in [1.165, 1.54) is 23.1 Å². The first-order chi connectivity index (χ1) is 15.3. The van der Waals surface area contributed by atoms with Crippen molar-refractivity contribution in [2.45, 2.75) is 51.6 Å². The molecule has 0 aliphatic heterocycles. The third-order valence-corrected chi connectivity index (χ3v) is 5.65. The fraction of sp³-hybridized carbons (Fsp3) is 0.364. The summed E-state index contributed by atoms with van der Waals surface area (Å²) in [6.07, 6.45) is 9.60. The number of aromatic amines is 1. The predicted octanol–water partition coefficient (Wildman–Crippen LogP) is 2.39. The van der Waals surface area contributed by atoms with E-state index < -0.39 is 0 Å². The highest BCUT2D eigenvalue weighted by Crippen LogP contribution is 2.29. The van der Waals surface area contributed by atoms with Gasteiger partial charge in [0.1, 0.15) is 0 Å². The van der Waals surface area contributed by atoms with Crippen LogP contribution in [0.25, 0.3) is 11.0 Å². The van der Waals surface area contributed by atoms with Gasteiger partial charge in [-0.15, -0.1) is 10.2 Å². The van der Waals surface area contributed by atoms with Crippen molar-refractivity contribution in [3.05, 3.63) is 65.0 Å². The van der Waals surface area contributed by atoms with E-state index in [1.54, 1.807) is 17.1 Å². The van der Waals surface area contributed by atoms with Gasteiger partial charge in [-0.1, -0.05) is 11.3 Å². The number of nitrogens with zero attached hydrogens (tertiary/aromatic N) is 6. The summed E-state index contributed by atoms with van der Waals surface area (Å²) >= 11 is 0. The molecule has 4 aromatic heterocycles. The van der Waals surface area contributed by atoms with Crippen LogP contribution in [0, 0.1) is 0 Å².